The molecule has 0 fully saturated rings. The van der Waals surface area contributed by atoms with E-state index in [1.165, 1.54) is 0 Å². The molecule has 0 spiro atoms. The summed E-state index contributed by atoms with van der Waals surface area (Å²) < 4.78 is 5.58. The van der Waals surface area contributed by atoms with E-state index >= 15 is 0 Å². The Balaban J connectivity index is 3.24. The third-order valence-corrected chi connectivity index (χ3v) is 2.85. The van der Waals surface area contributed by atoms with Crippen molar-refractivity contribution >= 4 is 21.9 Å². The molecule has 0 saturated heterocycles. The zero-order valence-corrected chi connectivity index (χ0v) is 10.8. The zero-order chi connectivity index (χ0) is 12.1. The van der Waals surface area contributed by atoms with Crippen molar-refractivity contribution in [2.45, 2.75) is 20.3 Å². The van der Waals surface area contributed by atoms with Gasteiger partial charge in [-0.2, -0.15) is 5.26 Å². The van der Waals surface area contributed by atoms with Gasteiger partial charge in [-0.25, -0.2) is 4.79 Å². The molecule has 0 aliphatic rings. The molecule has 0 atom stereocenters. The summed E-state index contributed by atoms with van der Waals surface area (Å²) in [6.07, 6.45) is 0.691. The lowest BCUT2D eigenvalue weighted by molar-refractivity contribution is 0.0525. The smallest absolute Gasteiger partial charge is 0.338 e. The van der Waals surface area contributed by atoms with Gasteiger partial charge in [-0.05, 0) is 47.0 Å². The predicted octanol–water partition coefficient (Wildman–Crippen LogP) is 3.06. The largest absolute Gasteiger partial charge is 0.462 e. The van der Waals surface area contributed by atoms with Crippen LogP contribution in [0.25, 0.3) is 0 Å². The summed E-state index contributed by atoms with van der Waals surface area (Å²) in [4.78, 5) is 11.7. The van der Waals surface area contributed by atoms with Crippen LogP contribution in [0.2, 0.25) is 0 Å². The van der Waals surface area contributed by atoms with Crippen molar-refractivity contribution in [3.8, 4) is 6.07 Å². The van der Waals surface area contributed by atoms with Crippen LogP contribution in [-0.4, -0.2) is 12.6 Å². The number of benzene rings is 1. The molecule has 3 nitrogen and oxygen atoms in total. The van der Waals surface area contributed by atoms with Gasteiger partial charge in [0.05, 0.1) is 17.7 Å². The summed E-state index contributed by atoms with van der Waals surface area (Å²) >= 11 is 3.26. The average Bonchev–Trinajstić information content (AvgIpc) is 2.29. The molecule has 0 aromatic heterocycles. The van der Waals surface area contributed by atoms with Crippen molar-refractivity contribution < 1.29 is 9.53 Å². The van der Waals surface area contributed by atoms with Crippen LogP contribution in [0.5, 0.6) is 0 Å². The topological polar surface area (TPSA) is 50.1 Å². The van der Waals surface area contributed by atoms with Gasteiger partial charge in [0.1, 0.15) is 6.07 Å². The number of carbonyl (C=O) groups excluding carboxylic acids is 1. The van der Waals surface area contributed by atoms with Crippen molar-refractivity contribution in [2.24, 2.45) is 0 Å². The van der Waals surface area contributed by atoms with Crippen molar-refractivity contribution in [3.05, 3.63) is 33.3 Å². The highest BCUT2D eigenvalue weighted by Crippen LogP contribution is 2.22. The fourth-order valence-corrected chi connectivity index (χ4v) is 1.83. The van der Waals surface area contributed by atoms with Gasteiger partial charge in [-0.1, -0.05) is 6.92 Å². The van der Waals surface area contributed by atoms with Gasteiger partial charge in [-0.15, -0.1) is 0 Å². The van der Waals surface area contributed by atoms with Crippen LogP contribution < -0.4 is 0 Å². The Labute approximate surface area is 103 Å². The molecule has 0 N–H and O–H groups in total. The van der Waals surface area contributed by atoms with Crippen LogP contribution in [0.15, 0.2) is 16.6 Å². The third kappa shape index (κ3) is 2.61. The molecule has 1 aromatic rings. The van der Waals surface area contributed by atoms with Crippen molar-refractivity contribution in [3.63, 3.8) is 0 Å². The summed E-state index contributed by atoms with van der Waals surface area (Å²) in [6, 6.07) is 5.44. The van der Waals surface area contributed by atoms with E-state index in [2.05, 4.69) is 22.0 Å². The Hall–Kier alpha value is -1.34. The molecule has 0 aliphatic heterocycles. The Kier molecular flexibility index (Phi) is 4.51. The fourth-order valence-electron chi connectivity index (χ4n) is 1.40. The standard InChI is InChI=1S/C12H12BrNO2/c1-3-8-5-9(7-14)11(13)6-10(8)12(15)16-4-2/h5-6H,3-4H2,1-2H3. The van der Waals surface area contributed by atoms with Crippen LogP contribution in [0.3, 0.4) is 0 Å². The van der Waals surface area contributed by atoms with E-state index < -0.39 is 0 Å². The number of hydrogen-bond donors (Lipinski definition) is 0. The zero-order valence-electron chi connectivity index (χ0n) is 9.21. The van der Waals surface area contributed by atoms with Crippen LogP contribution in [0.1, 0.15) is 35.3 Å². The number of ether oxygens (including phenoxy) is 1. The summed E-state index contributed by atoms with van der Waals surface area (Å²) in [5, 5.41) is 8.88. The highest BCUT2D eigenvalue weighted by atomic mass is 79.9. The summed E-state index contributed by atoms with van der Waals surface area (Å²) in [5.74, 6) is -0.343. The van der Waals surface area contributed by atoms with Gasteiger partial charge < -0.3 is 4.74 Å². The Bertz CT molecular complexity index is 449. The number of nitrogens with zero attached hydrogens (tertiary/aromatic N) is 1. The first-order valence-electron chi connectivity index (χ1n) is 5.03. The van der Waals surface area contributed by atoms with Crippen molar-refractivity contribution in [2.75, 3.05) is 6.61 Å². The molecule has 1 rings (SSSR count). The lowest BCUT2D eigenvalue weighted by atomic mass is 10.0. The van der Waals surface area contributed by atoms with Crippen LogP contribution in [-0.2, 0) is 11.2 Å². The molecule has 0 unspecified atom stereocenters. The van der Waals surface area contributed by atoms with Crippen LogP contribution >= 0.6 is 15.9 Å². The van der Waals surface area contributed by atoms with Crippen LogP contribution in [0.4, 0.5) is 0 Å². The molecule has 4 heteroatoms. The molecule has 0 heterocycles. The maximum atomic E-state index is 11.7. The van der Waals surface area contributed by atoms with E-state index in [-0.39, 0.29) is 5.97 Å². The maximum absolute atomic E-state index is 11.7. The highest BCUT2D eigenvalue weighted by molar-refractivity contribution is 9.10. The third-order valence-electron chi connectivity index (χ3n) is 2.19. The van der Waals surface area contributed by atoms with Crippen LogP contribution in [0, 0.1) is 11.3 Å². The first-order chi connectivity index (χ1) is 7.63. The Morgan fingerprint density at radius 3 is 2.69 bits per heavy atom. The molecule has 0 radical (unpaired) electrons. The molecule has 0 saturated carbocycles. The molecule has 0 amide bonds. The lowest BCUT2D eigenvalue weighted by Crippen LogP contribution is -2.08. The lowest BCUT2D eigenvalue weighted by Gasteiger charge is -2.08. The number of aryl methyl sites for hydroxylation is 1. The number of carbonyl (C=O) groups is 1. The number of rotatable bonds is 3. The Morgan fingerprint density at radius 1 is 1.50 bits per heavy atom. The van der Waals surface area contributed by atoms with E-state index in [9.17, 15) is 4.79 Å². The van der Waals surface area contributed by atoms with Gasteiger partial charge in [0, 0.05) is 4.47 Å². The van der Waals surface area contributed by atoms with Crippen molar-refractivity contribution in [1.29, 1.82) is 5.26 Å². The first-order valence-corrected chi connectivity index (χ1v) is 5.82. The van der Waals surface area contributed by atoms with E-state index in [1.54, 1.807) is 19.1 Å². The molecular weight excluding hydrogens is 270 g/mol. The van der Waals surface area contributed by atoms with E-state index in [0.717, 1.165) is 5.56 Å². The molecule has 16 heavy (non-hydrogen) atoms. The quantitative estimate of drug-likeness (QED) is 0.800. The minimum Gasteiger partial charge on any atom is -0.462 e. The second kappa shape index (κ2) is 5.66. The average molecular weight is 282 g/mol. The molecule has 0 bridgehead atoms. The predicted molar refractivity (Wildman–Crippen MR) is 64.2 cm³/mol. The van der Waals surface area contributed by atoms with Gasteiger partial charge in [-0.3, -0.25) is 0 Å². The number of esters is 1. The highest BCUT2D eigenvalue weighted by Gasteiger charge is 2.14. The van der Waals surface area contributed by atoms with Gasteiger partial charge in [0.15, 0.2) is 0 Å². The Morgan fingerprint density at radius 2 is 2.19 bits per heavy atom. The van der Waals surface area contributed by atoms with Crippen molar-refractivity contribution in [1.82, 2.24) is 0 Å². The maximum Gasteiger partial charge on any atom is 0.338 e. The second-order valence-electron chi connectivity index (χ2n) is 3.18. The summed E-state index contributed by atoms with van der Waals surface area (Å²) in [5.41, 5.74) is 1.89. The normalized spacial score (nSPS) is 9.62. The number of hydrogen-bond acceptors (Lipinski definition) is 3. The molecule has 0 aliphatic carbocycles. The minimum absolute atomic E-state index is 0.343. The summed E-state index contributed by atoms with van der Waals surface area (Å²) in [6.45, 7) is 4.05. The molecule has 1 aromatic carbocycles. The number of nitriles is 1. The van der Waals surface area contributed by atoms with E-state index in [1.807, 2.05) is 6.92 Å². The number of halogens is 1. The molecular formula is C12H12BrNO2. The minimum atomic E-state index is -0.343. The summed E-state index contributed by atoms with van der Waals surface area (Å²) in [7, 11) is 0. The SMILES string of the molecule is CCOC(=O)c1cc(Br)c(C#N)cc1CC. The first kappa shape index (κ1) is 12.7. The van der Waals surface area contributed by atoms with E-state index in [4.69, 9.17) is 10.00 Å². The monoisotopic (exact) mass is 281 g/mol. The molecule has 84 valence electrons. The van der Waals surface area contributed by atoms with Gasteiger partial charge >= 0.3 is 5.97 Å². The van der Waals surface area contributed by atoms with Gasteiger partial charge in [0.25, 0.3) is 0 Å². The fraction of sp³-hybridized carbons (Fsp3) is 0.333. The second-order valence-corrected chi connectivity index (χ2v) is 4.03. The van der Waals surface area contributed by atoms with Gasteiger partial charge in [0.2, 0.25) is 0 Å². The van der Waals surface area contributed by atoms with E-state index in [0.29, 0.717) is 28.6 Å².